The third kappa shape index (κ3) is 2.71. The Balaban J connectivity index is 1.89. The van der Waals surface area contributed by atoms with E-state index in [4.69, 9.17) is 0 Å². The number of carbonyl (C=O) groups excluding carboxylic acids is 1. The van der Waals surface area contributed by atoms with Crippen molar-refractivity contribution in [1.29, 1.82) is 0 Å². The fraction of sp³-hybridized carbons (Fsp3) is 0.611. The van der Waals surface area contributed by atoms with E-state index in [1.54, 1.807) is 0 Å². The van der Waals surface area contributed by atoms with Crippen LogP contribution in [0, 0.1) is 5.92 Å². The minimum atomic E-state index is -0.432. The van der Waals surface area contributed by atoms with Crippen LogP contribution >= 0.6 is 0 Å². The molecular weight excluding hydrogens is 260 g/mol. The zero-order valence-electron chi connectivity index (χ0n) is 13.3. The van der Waals surface area contributed by atoms with Crippen molar-refractivity contribution in [2.24, 2.45) is 5.92 Å². The molecule has 0 bridgehead atoms. The number of carbonyl (C=O) groups is 1. The molecule has 114 valence electrons. The first kappa shape index (κ1) is 14.6. The Morgan fingerprint density at radius 1 is 1.33 bits per heavy atom. The predicted molar refractivity (Wildman–Crippen MR) is 84.7 cm³/mol. The lowest BCUT2D eigenvalue weighted by atomic mass is 9.98. The van der Waals surface area contributed by atoms with Crippen LogP contribution in [0.4, 0.5) is 0 Å². The molecule has 2 fully saturated rings. The summed E-state index contributed by atoms with van der Waals surface area (Å²) in [6.45, 7) is 6.33. The fourth-order valence-corrected chi connectivity index (χ4v) is 3.37. The van der Waals surface area contributed by atoms with Crippen LogP contribution in [0.5, 0.6) is 0 Å². The molecule has 1 saturated carbocycles. The Bertz CT molecular complexity index is 511. The molecule has 1 aliphatic heterocycles. The van der Waals surface area contributed by atoms with Gasteiger partial charge in [-0.3, -0.25) is 10.1 Å². The number of rotatable bonds is 5. The van der Waals surface area contributed by atoms with E-state index < -0.39 is 5.54 Å². The van der Waals surface area contributed by atoms with Crippen molar-refractivity contribution in [2.45, 2.75) is 64.2 Å². The van der Waals surface area contributed by atoms with Crippen LogP contribution in [0.2, 0.25) is 0 Å². The molecule has 1 saturated heterocycles. The highest BCUT2D eigenvalue weighted by molar-refractivity contribution is 5.88. The molecule has 2 aliphatic rings. The molecule has 0 aromatic heterocycles. The first-order valence-electron chi connectivity index (χ1n) is 8.20. The Morgan fingerprint density at radius 2 is 2.00 bits per heavy atom. The van der Waals surface area contributed by atoms with E-state index in [9.17, 15) is 4.79 Å². The maximum Gasteiger partial charge on any atom is 0.244 e. The molecule has 21 heavy (non-hydrogen) atoms. The van der Waals surface area contributed by atoms with Crippen LogP contribution in [0.3, 0.4) is 0 Å². The van der Waals surface area contributed by atoms with Gasteiger partial charge < -0.3 is 4.90 Å². The van der Waals surface area contributed by atoms with Crippen LogP contribution in [0.25, 0.3) is 0 Å². The van der Waals surface area contributed by atoms with Gasteiger partial charge in [0.1, 0.15) is 6.17 Å². The van der Waals surface area contributed by atoms with E-state index >= 15 is 0 Å². The number of nitrogens with zero attached hydrogens (tertiary/aromatic N) is 1. The molecule has 3 atom stereocenters. The van der Waals surface area contributed by atoms with E-state index in [0.717, 1.165) is 18.8 Å². The number of hydrogen-bond donors (Lipinski definition) is 1. The predicted octanol–water partition coefficient (Wildman–Crippen LogP) is 3.47. The molecule has 3 rings (SSSR count). The third-order valence-corrected chi connectivity index (χ3v) is 5.11. The van der Waals surface area contributed by atoms with Crippen molar-refractivity contribution in [3.63, 3.8) is 0 Å². The summed E-state index contributed by atoms with van der Waals surface area (Å²) in [5.74, 6) is 1.09. The van der Waals surface area contributed by atoms with Crippen molar-refractivity contribution in [2.75, 3.05) is 0 Å². The maximum absolute atomic E-state index is 12.9. The molecule has 1 N–H and O–H groups in total. The van der Waals surface area contributed by atoms with Crippen molar-refractivity contribution >= 4 is 5.91 Å². The van der Waals surface area contributed by atoms with Gasteiger partial charge in [0, 0.05) is 6.04 Å². The van der Waals surface area contributed by atoms with E-state index in [2.05, 4.69) is 36.2 Å². The average Bonchev–Trinajstić information content (AvgIpc) is 3.26. The highest BCUT2D eigenvalue weighted by Gasteiger charge is 2.49. The van der Waals surface area contributed by atoms with Crippen LogP contribution < -0.4 is 5.32 Å². The topological polar surface area (TPSA) is 32.3 Å². The lowest BCUT2D eigenvalue weighted by Gasteiger charge is -2.31. The minimum Gasteiger partial charge on any atom is -0.319 e. The van der Waals surface area contributed by atoms with Crippen molar-refractivity contribution in [3.8, 4) is 0 Å². The molecule has 1 aliphatic carbocycles. The van der Waals surface area contributed by atoms with Crippen LogP contribution in [0.15, 0.2) is 30.3 Å². The van der Waals surface area contributed by atoms with Crippen molar-refractivity contribution in [3.05, 3.63) is 35.9 Å². The standard InChI is InChI=1S/C18H26N2O/c1-4-18(3)17(21)20(13(2)12-14-10-11-14)16(19-18)15-8-6-5-7-9-15/h5-9,13-14,16,19H,4,10-12H2,1-3H3. The van der Waals surface area contributed by atoms with Crippen LogP contribution in [-0.2, 0) is 4.79 Å². The van der Waals surface area contributed by atoms with E-state index in [1.165, 1.54) is 18.4 Å². The van der Waals surface area contributed by atoms with Gasteiger partial charge in [-0.05, 0) is 38.2 Å². The lowest BCUT2D eigenvalue weighted by Crippen LogP contribution is -2.44. The molecule has 1 aromatic carbocycles. The third-order valence-electron chi connectivity index (χ3n) is 5.11. The molecular formula is C18H26N2O. The Kier molecular flexibility index (Phi) is 3.78. The van der Waals surface area contributed by atoms with Gasteiger partial charge in [0.05, 0.1) is 5.54 Å². The summed E-state index contributed by atoms with van der Waals surface area (Å²) < 4.78 is 0. The summed E-state index contributed by atoms with van der Waals surface area (Å²) in [4.78, 5) is 15.0. The van der Waals surface area contributed by atoms with Gasteiger partial charge in [-0.15, -0.1) is 0 Å². The summed E-state index contributed by atoms with van der Waals surface area (Å²) >= 11 is 0. The van der Waals surface area contributed by atoms with Gasteiger partial charge in [0.25, 0.3) is 0 Å². The SMILES string of the molecule is CCC1(C)NC(c2ccccc2)N(C(C)CC2CC2)C1=O. The molecule has 3 unspecified atom stereocenters. The minimum absolute atomic E-state index is 0.0115. The molecule has 3 nitrogen and oxygen atoms in total. The Morgan fingerprint density at radius 3 is 2.57 bits per heavy atom. The molecule has 0 spiro atoms. The Labute approximate surface area is 127 Å². The van der Waals surface area contributed by atoms with Gasteiger partial charge in [0.2, 0.25) is 5.91 Å². The molecule has 0 radical (unpaired) electrons. The zero-order valence-corrected chi connectivity index (χ0v) is 13.3. The number of nitrogens with one attached hydrogen (secondary N) is 1. The number of amides is 1. The van der Waals surface area contributed by atoms with Gasteiger partial charge in [0.15, 0.2) is 0 Å². The highest BCUT2D eigenvalue weighted by Crippen LogP contribution is 2.39. The molecule has 1 amide bonds. The van der Waals surface area contributed by atoms with Gasteiger partial charge in [-0.1, -0.05) is 50.1 Å². The fourth-order valence-electron chi connectivity index (χ4n) is 3.37. The summed E-state index contributed by atoms with van der Waals surface area (Å²) in [6, 6.07) is 10.7. The quantitative estimate of drug-likeness (QED) is 0.899. The second-order valence-corrected chi connectivity index (χ2v) is 6.88. The van der Waals surface area contributed by atoms with Gasteiger partial charge in [-0.2, -0.15) is 0 Å². The van der Waals surface area contributed by atoms with Crippen LogP contribution in [0.1, 0.15) is 58.2 Å². The first-order chi connectivity index (χ1) is 10.0. The highest BCUT2D eigenvalue weighted by atomic mass is 16.2. The summed E-state index contributed by atoms with van der Waals surface area (Å²) in [5.41, 5.74) is 0.754. The molecule has 1 aromatic rings. The van der Waals surface area contributed by atoms with Gasteiger partial charge in [-0.25, -0.2) is 0 Å². The van der Waals surface area contributed by atoms with E-state index in [0.29, 0.717) is 6.04 Å². The van der Waals surface area contributed by atoms with Crippen molar-refractivity contribution in [1.82, 2.24) is 10.2 Å². The van der Waals surface area contributed by atoms with Crippen LogP contribution in [-0.4, -0.2) is 22.4 Å². The maximum atomic E-state index is 12.9. The van der Waals surface area contributed by atoms with Gasteiger partial charge >= 0.3 is 0 Å². The smallest absolute Gasteiger partial charge is 0.244 e. The average molecular weight is 286 g/mol. The number of hydrogen-bond acceptors (Lipinski definition) is 2. The largest absolute Gasteiger partial charge is 0.319 e. The first-order valence-corrected chi connectivity index (χ1v) is 8.20. The molecule has 1 heterocycles. The summed E-state index contributed by atoms with van der Waals surface area (Å²) in [5, 5.41) is 3.58. The van der Waals surface area contributed by atoms with Crippen molar-refractivity contribution < 1.29 is 4.79 Å². The Hall–Kier alpha value is -1.35. The molecule has 3 heteroatoms. The van der Waals surface area contributed by atoms with E-state index in [1.807, 2.05) is 25.1 Å². The number of benzene rings is 1. The second kappa shape index (κ2) is 5.45. The van der Waals surface area contributed by atoms with E-state index in [-0.39, 0.29) is 12.1 Å². The normalized spacial score (nSPS) is 30.7. The summed E-state index contributed by atoms with van der Waals surface area (Å²) in [7, 11) is 0. The summed E-state index contributed by atoms with van der Waals surface area (Å²) in [6.07, 6.45) is 4.64. The lowest BCUT2D eigenvalue weighted by molar-refractivity contribution is -0.135. The monoisotopic (exact) mass is 286 g/mol. The second-order valence-electron chi connectivity index (χ2n) is 6.88. The zero-order chi connectivity index (χ0) is 15.0.